The number of rotatable bonds is 5. The number of nitrogens with one attached hydrogen (secondary N) is 2. The van der Waals surface area contributed by atoms with E-state index < -0.39 is 11.9 Å². The molecule has 2 aromatic rings. The summed E-state index contributed by atoms with van der Waals surface area (Å²) in [6.45, 7) is -0.209. The van der Waals surface area contributed by atoms with Gasteiger partial charge in [0.2, 0.25) is 5.91 Å². The summed E-state index contributed by atoms with van der Waals surface area (Å²) in [4.78, 5) is 23.7. The van der Waals surface area contributed by atoms with Crippen molar-refractivity contribution in [3.63, 3.8) is 0 Å². The van der Waals surface area contributed by atoms with Crippen LogP contribution in [0, 0.1) is 11.3 Å². The van der Waals surface area contributed by atoms with E-state index in [1.54, 1.807) is 54.6 Å². The van der Waals surface area contributed by atoms with E-state index in [2.05, 4.69) is 10.6 Å². The Labute approximate surface area is 138 Å². The molecule has 0 fully saturated rings. The van der Waals surface area contributed by atoms with E-state index >= 15 is 0 Å². The van der Waals surface area contributed by atoms with Gasteiger partial charge in [-0.1, -0.05) is 41.9 Å². The SMILES string of the molecule is N#C[C@H](NC(=O)CNC(=O)c1ccccc1)c1ccc(Cl)cc1. The van der Waals surface area contributed by atoms with E-state index in [9.17, 15) is 9.59 Å². The topological polar surface area (TPSA) is 82.0 Å². The van der Waals surface area contributed by atoms with Crippen molar-refractivity contribution in [3.05, 3.63) is 70.7 Å². The van der Waals surface area contributed by atoms with Crippen LogP contribution in [0.4, 0.5) is 0 Å². The van der Waals surface area contributed by atoms with Crippen LogP contribution in [0.25, 0.3) is 0 Å². The van der Waals surface area contributed by atoms with Gasteiger partial charge in [0.15, 0.2) is 0 Å². The molecule has 6 heteroatoms. The molecule has 116 valence electrons. The summed E-state index contributed by atoms with van der Waals surface area (Å²) in [6.07, 6.45) is 0. The molecule has 1 atom stereocenters. The standard InChI is InChI=1S/C17H14ClN3O2/c18-14-8-6-12(7-9-14)15(10-19)21-16(22)11-20-17(23)13-4-2-1-3-5-13/h1-9,15H,11H2,(H,20,23)(H,21,22)/t15-/m0/s1. The lowest BCUT2D eigenvalue weighted by atomic mass is 10.1. The van der Waals surface area contributed by atoms with Gasteiger partial charge in [-0.05, 0) is 29.8 Å². The van der Waals surface area contributed by atoms with Gasteiger partial charge in [-0.25, -0.2) is 0 Å². The number of carbonyl (C=O) groups excluding carboxylic acids is 2. The fourth-order valence-corrected chi connectivity index (χ4v) is 2.04. The summed E-state index contributed by atoms with van der Waals surface area (Å²) in [5.41, 5.74) is 1.09. The summed E-state index contributed by atoms with van der Waals surface area (Å²) < 4.78 is 0. The molecule has 23 heavy (non-hydrogen) atoms. The zero-order valence-electron chi connectivity index (χ0n) is 12.1. The molecule has 0 radical (unpaired) electrons. The number of nitriles is 1. The van der Waals surface area contributed by atoms with E-state index in [4.69, 9.17) is 16.9 Å². The Morgan fingerprint density at radius 2 is 1.74 bits per heavy atom. The molecular weight excluding hydrogens is 314 g/mol. The monoisotopic (exact) mass is 327 g/mol. The minimum Gasteiger partial charge on any atom is -0.343 e. The number of hydrogen-bond acceptors (Lipinski definition) is 3. The average Bonchev–Trinajstić information content (AvgIpc) is 2.59. The van der Waals surface area contributed by atoms with Crippen LogP contribution >= 0.6 is 11.6 Å². The van der Waals surface area contributed by atoms with Crippen molar-refractivity contribution in [1.82, 2.24) is 10.6 Å². The Hall–Kier alpha value is -2.84. The molecule has 0 spiro atoms. The second kappa shape index (κ2) is 7.97. The highest BCUT2D eigenvalue weighted by molar-refractivity contribution is 6.30. The normalized spacial score (nSPS) is 11.1. The third-order valence-corrected chi connectivity index (χ3v) is 3.34. The summed E-state index contributed by atoms with van der Waals surface area (Å²) in [6, 6.07) is 16.4. The van der Waals surface area contributed by atoms with Crippen molar-refractivity contribution in [2.75, 3.05) is 6.54 Å². The van der Waals surface area contributed by atoms with Crippen LogP contribution in [0.2, 0.25) is 5.02 Å². The van der Waals surface area contributed by atoms with Crippen LogP contribution < -0.4 is 10.6 Å². The number of carbonyl (C=O) groups is 2. The van der Waals surface area contributed by atoms with Crippen molar-refractivity contribution < 1.29 is 9.59 Å². The highest BCUT2D eigenvalue weighted by atomic mass is 35.5. The van der Waals surface area contributed by atoms with Crippen molar-refractivity contribution in [2.45, 2.75) is 6.04 Å². The first kappa shape index (κ1) is 16.5. The minimum atomic E-state index is -0.798. The predicted molar refractivity (Wildman–Crippen MR) is 86.7 cm³/mol. The van der Waals surface area contributed by atoms with E-state index in [0.29, 0.717) is 16.1 Å². The van der Waals surface area contributed by atoms with Crippen molar-refractivity contribution in [3.8, 4) is 6.07 Å². The molecule has 0 aromatic heterocycles. The number of hydrogen-bond donors (Lipinski definition) is 2. The molecule has 0 aliphatic carbocycles. The summed E-state index contributed by atoms with van der Waals surface area (Å²) >= 11 is 5.79. The lowest BCUT2D eigenvalue weighted by Crippen LogP contribution is -2.38. The van der Waals surface area contributed by atoms with Gasteiger partial charge >= 0.3 is 0 Å². The highest BCUT2D eigenvalue weighted by Crippen LogP contribution is 2.15. The van der Waals surface area contributed by atoms with Gasteiger partial charge in [-0.15, -0.1) is 0 Å². The molecule has 0 aliphatic rings. The van der Waals surface area contributed by atoms with Gasteiger partial charge in [-0.2, -0.15) is 5.26 Å². The third-order valence-electron chi connectivity index (χ3n) is 3.08. The lowest BCUT2D eigenvalue weighted by molar-refractivity contribution is -0.120. The van der Waals surface area contributed by atoms with Crippen LogP contribution in [-0.2, 0) is 4.79 Å². The smallest absolute Gasteiger partial charge is 0.251 e. The molecule has 2 amide bonds. The molecule has 0 saturated carbocycles. The van der Waals surface area contributed by atoms with Crippen LogP contribution in [0.5, 0.6) is 0 Å². The molecule has 0 heterocycles. The molecule has 2 N–H and O–H groups in total. The first-order chi connectivity index (χ1) is 11.1. The largest absolute Gasteiger partial charge is 0.343 e. The van der Waals surface area contributed by atoms with Crippen LogP contribution in [-0.4, -0.2) is 18.4 Å². The van der Waals surface area contributed by atoms with Crippen LogP contribution in [0.1, 0.15) is 22.0 Å². The lowest BCUT2D eigenvalue weighted by Gasteiger charge is -2.12. The Kier molecular flexibility index (Phi) is 5.73. The van der Waals surface area contributed by atoms with Crippen molar-refractivity contribution in [1.29, 1.82) is 5.26 Å². The van der Waals surface area contributed by atoms with Gasteiger partial charge in [0.1, 0.15) is 6.04 Å². The zero-order chi connectivity index (χ0) is 16.7. The number of halogens is 1. The van der Waals surface area contributed by atoms with E-state index in [-0.39, 0.29) is 12.5 Å². The number of amides is 2. The molecular formula is C17H14ClN3O2. The van der Waals surface area contributed by atoms with Crippen molar-refractivity contribution >= 4 is 23.4 Å². The van der Waals surface area contributed by atoms with Gasteiger partial charge < -0.3 is 10.6 Å². The summed E-state index contributed by atoms with van der Waals surface area (Å²) in [7, 11) is 0. The fourth-order valence-electron chi connectivity index (χ4n) is 1.91. The maximum Gasteiger partial charge on any atom is 0.251 e. The Morgan fingerprint density at radius 1 is 1.09 bits per heavy atom. The molecule has 0 saturated heterocycles. The first-order valence-electron chi connectivity index (χ1n) is 6.88. The Bertz CT molecular complexity index is 724. The molecule has 0 aliphatic heterocycles. The molecule has 2 aromatic carbocycles. The molecule has 0 unspecified atom stereocenters. The predicted octanol–water partition coefficient (Wildman–Crippen LogP) is 2.45. The molecule has 0 bridgehead atoms. The van der Waals surface area contributed by atoms with Gasteiger partial charge in [0, 0.05) is 10.6 Å². The van der Waals surface area contributed by atoms with Crippen LogP contribution in [0.3, 0.4) is 0 Å². The zero-order valence-corrected chi connectivity index (χ0v) is 12.9. The molecule has 2 rings (SSSR count). The summed E-state index contributed by atoms with van der Waals surface area (Å²) in [5, 5.41) is 14.8. The number of benzene rings is 2. The maximum absolute atomic E-state index is 11.9. The van der Waals surface area contributed by atoms with Gasteiger partial charge in [0.25, 0.3) is 5.91 Å². The first-order valence-corrected chi connectivity index (χ1v) is 7.25. The van der Waals surface area contributed by atoms with E-state index in [0.717, 1.165) is 0 Å². The quantitative estimate of drug-likeness (QED) is 0.885. The second-order valence-electron chi connectivity index (χ2n) is 4.73. The van der Waals surface area contributed by atoms with E-state index in [1.807, 2.05) is 6.07 Å². The maximum atomic E-state index is 11.9. The van der Waals surface area contributed by atoms with Crippen molar-refractivity contribution in [2.24, 2.45) is 0 Å². The Balaban J connectivity index is 1.89. The summed E-state index contributed by atoms with van der Waals surface area (Å²) in [5.74, 6) is -0.795. The van der Waals surface area contributed by atoms with Crippen LogP contribution in [0.15, 0.2) is 54.6 Å². The average molecular weight is 328 g/mol. The van der Waals surface area contributed by atoms with Gasteiger partial charge in [-0.3, -0.25) is 9.59 Å². The minimum absolute atomic E-state index is 0.209. The van der Waals surface area contributed by atoms with Gasteiger partial charge in [0.05, 0.1) is 12.6 Å². The molecule has 5 nitrogen and oxygen atoms in total. The second-order valence-corrected chi connectivity index (χ2v) is 5.17. The Morgan fingerprint density at radius 3 is 2.35 bits per heavy atom. The van der Waals surface area contributed by atoms with E-state index in [1.165, 1.54) is 0 Å². The number of nitrogens with zero attached hydrogens (tertiary/aromatic N) is 1. The highest BCUT2D eigenvalue weighted by Gasteiger charge is 2.14. The third kappa shape index (κ3) is 4.83. The fraction of sp³-hybridized carbons (Fsp3) is 0.118.